The number of nitrogens with one attached hydrogen (secondary N) is 1. The van der Waals surface area contributed by atoms with Crippen molar-refractivity contribution < 1.29 is 14.3 Å². The number of hydrogen-bond acceptors (Lipinski definition) is 4. The van der Waals surface area contributed by atoms with E-state index in [0.29, 0.717) is 5.69 Å². The molecule has 1 aromatic rings. The van der Waals surface area contributed by atoms with Gasteiger partial charge in [-0.25, -0.2) is 4.79 Å². The molecule has 1 aliphatic carbocycles. The van der Waals surface area contributed by atoms with Crippen molar-refractivity contribution in [3.63, 3.8) is 0 Å². The Morgan fingerprint density at radius 1 is 1.32 bits per heavy atom. The monoisotopic (exact) mass is 306 g/mol. The summed E-state index contributed by atoms with van der Waals surface area (Å²) < 4.78 is 10.7. The summed E-state index contributed by atoms with van der Waals surface area (Å²) in [6, 6.07) is 5.66. The van der Waals surface area contributed by atoms with E-state index in [2.05, 4.69) is 19.2 Å². The highest BCUT2D eigenvalue weighted by molar-refractivity contribution is 5.85. The van der Waals surface area contributed by atoms with Crippen LogP contribution in [-0.2, 0) is 4.74 Å². The van der Waals surface area contributed by atoms with Crippen molar-refractivity contribution in [3.05, 3.63) is 23.8 Å². The van der Waals surface area contributed by atoms with Crippen molar-refractivity contribution in [1.29, 1.82) is 0 Å². The van der Waals surface area contributed by atoms with Gasteiger partial charge in [0.15, 0.2) is 0 Å². The minimum absolute atomic E-state index is 0.0395. The highest BCUT2D eigenvalue weighted by Gasteiger charge is 2.57. The third kappa shape index (κ3) is 3.35. The molecule has 5 nitrogen and oxygen atoms in total. The molecule has 0 unspecified atom stereocenters. The van der Waals surface area contributed by atoms with Crippen molar-refractivity contribution in [2.75, 3.05) is 12.4 Å². The minimum atomic E-state index is -0.528. The van der Waals surface area contributed by atoms with Crippen LogP contribution in [0.5, 0.6) is 5.75 Å². The van der Waals surface area contributed by atoms with Gasteiger partial charge in [0.05, 0.1) is 7.11 Å². The Hall–Kier alpha value is -1.75. The number of amides is 1. The maximum absolute atomic E-state index is 11.9. The predicted molar refractivity (Wildman–Crippen MR) is 87.3 cm³/mol. The molecule has 0 aromatic heterocycles. The third-order valence-corrected chi connectivity index (χ3v) is 4.12. The van der Waals surface area contributed by atoms with E-state index in [1.165, 1.54) is 0 Å². The van der Waals surface area contributed by atoms with Gasteiger partial charge in [0, 0.05) is 23.2 Å². The third-order valence-electron chi connectivity index (χ3n) is 4.12. The minimum Gasteiger partial charge on any atom is -0.496 e. The van der Waals surface area contributed by atoms with E-state index >= 15 is 0 Å². The van der Waals surface area contributed by atoms with Crippen LogP contribution in [0, 0.1) is 5.41 Å². The number of benzene rings is 1. The molecule has 122 valence electrons. The van der Waals surface area contributed by atoms with Gasteiger partial charge in [0.2, 0.25) is 0 Å². The van der Waals surface area contributed by atoms with Gasteiger partial charge in [-0.2, -0.15) is 0 Å². The van der Waals surface area contributed by atoms with Gasteiger partial charge in [0.1, 0.15) is 11.4 Å². The fraction of sp³-hybridized carbons (Fsp3) is 0.588. The van der Waals surface area contributed by atoms with E-state index in [1.54, 1.807) is 13.2 Å². The lowest BCUT2D eigenvalue weighted by Crippen LogP contribution is -2.27. The van der Waals surface area contributed by atoms with Crippen LogP contribution >= 0.6 is 0 Å². The number of carbonyl (C=O) groups excluding carboxylic acids is 1. The first-order chi connectivity index (χ1) is 10.1. The molecule has 1 aliphatic rings. The van der Waals surface area contributed by atoms with Gasteiger partial charge in [-0.15, -0.1) is 0 Å². The van der Waals surface area contributed by atoms with Crippen LogP contribution in [0.25, 0.3) is 0 Å². The van der Waals surface area contributed by atoms with Crippen LogP contribution in [0.1, 0.15) is 46.1 Å². The van der Waals surface area contributed by atoms with E-state index in [9.17, 15) is 4.79 Å². The molecule has 3 N–H and O–H groups in total. The van der Waals surface area contributed by atoms with Gasteiger partial charge in [-0.05, 0) is 44.4 Å². The van der Waals surface area contributed by atoms with Gasteiger partial charge >= 0.3 is 6.09 Å². The zero-order valence-corrected chi connectivity index (χ0v) is 14.2. The summed E-state index contributed by atoms with van der Waals surface area (Å²) in [5, 5.41) is 2.76. The van der Waals surface area contributed by atoms with Gasteiger partial charge in [-0.3, -0.25) is 5.32 Å². The van der Waals surface area contributed by atoms with Crippen LogP contribution in [0.3, 0.4) is 0 Å². The Kier molecular flexibility index (Phi) is 4.13. The predicted octanol–water partition coefficient (Wildman–Crippen LogP) is 3.49. The second-order valence-electron chi connectivity index (χ2n) is 7.41. The molecule has 1 saturated carbocycles. The highest BCUT2D eigenvalue weighted by Crippen LogP contribution is 2.59. The molecule has 1 fully saturated rings. The van der Waals surface area contributed by atoms with E-state index in [0.717, 1.165) is 11.3 Å². The lowest BCUT2D eigenvalue weighted by atomic mass is 10.0. The molecule has 2 rings (SSSR count). The summed E-state index contributed by atoms with van der Waals surface area (Å²) in [5.41, 5.74) is 7.38. The number of hydrogen-bond donors (Lipinski definition) is 2. The molecule has 5 heteroatoms. The SMILES string of the molecule is COc1ccc(NC(=O)OC(C)(C)C)cc1[C@H]1[C@H](N)C1(C)C. The first-order valence-corrected chi connectivity index (χ1v) is 7.50. The summed E-state index contributed by atoms with van der Waals surface area (Å²) in [7, 11) is 1.64. The van der Waals surface area contributed by atoms with E-state index in [-0.39, 0.29) is 17.4 Å². The zero-order valence-electron chi connectivity index (χ0n) is 14.2. The topological polar surface area (TPSA) is 73.6 Å². The van der Waals surface area contributed by atoms with Crippen LogP contribution < -0.4 is 15.8 Å². The molecule has 0 bridgehead atoms. The maximum atomic E-state index is 11.9. The van der Waals surface area contributed by atoms with E-state index < -0.39 is 11.7 Å². The van der Waals surface area contributed by atoms with E-state index in [1.807, 2.05) is 32.9 Å². The van der Waals surface area contributed by atoms with Crippen molar-refractivity contribution in [2.24, 2.45) is 11.1 Å². The summed E-state index contributed by atoms with van der Waals surface area (Å²) in [4.78, 5) is 11.9. The van der Waals surface area contributed by atoms with Crippen LogP contribution in [0.2, 0.25) is 0 Å². The smallest absolute Gasteiger partial charge is 0.412 e. The lowest BCUT2D eigenvalue weighted by Gasteiger charge is -2.20. The molecule has 0 saturated heterocycles. The largest absolute Gasteiger partial charge is 0.496 e. The number of ether oxygens (including phenoxy) is 2. The average molecular weight is 306 g/mol. The molecule has 22 heavy (non-hydrogen) atoms. The van der Waals surface area contributed by atoms with Gasteiger partial charge < -0.3 is 15.2 Å². The first-order valence-electron chi connectivity index (χ1n) is 7.50. The van der Waals surface area contributed by atoms with Crippen molar-refractivity contribution in [2.45, 2.75) is 52.2 Å². The first kappa shape index (κ1) is 16.6. The van der Waals surface area contributed by atoms with Crippen LogP contribution in [0.4, 0.5) is 10.5 Å². The summed E-state index contributed by atoms with van der Waals surface area (Å²) in [5.74, 6) is 1.02. The van der Waals surface area contributed by atoms with Crippen molar-refractivity contribution in [3.8, 4) is 5.75 Å². The summed E-state index contributed by atoms with van der Waals surface area (Å²) in [6.07, 6.45) is -0.469. The second-order valence-corrected chi connectivity index (χ2v) is 7.41. The normalized spacial score (nSPS) is 22.9. The number of methoxy groups -OCH3 is 1. The van der Waals surface area contributed by atoms with Crippen molar-refractivity contribution >= 4 is 11.8 Å². The Morgan fingerprint density at radius 3 is 2.36 bits per heavy atom. The Balaban J connectivity index is 2.20. The second kappa shape index (κ2) is 5.47. The maximum Gasteiger partial charge on any atom is 0.412 e. The Morgan fingerprint density at radius 2 is 1.91 bits per heavy atom. The van der Waals surface area contributed by atoms with Crippen LogP contribution in [-0.4, -0.2) is 24.8 Å². The Bertz CT molecular complexity index is 576. The molecule has 1 aromatic carbocycles. The average Bonchev–Trinajstić information content (AvgIpc) is 2.85. The molecule has 0 radical (unpaired) electrons. The fourth-order valence-electron chi connectivity index (χ4n) is 2.75. The molecule has 0 aliphatic heterocycles. The number of anilines is 1. The van der Waals surface area contributed by atoms with E-state index in [4.69, 9.17) is 15.2 Å². The van der Waals surface area contributed by atoms with Gasteiger partial charge in [0.25, 0.3) is 0 Å². The standard InChI is InChI=1S/C17H26N2O3/c1-16(2,3)22-15(20)19-10-7-8-12(21-6)11(9-10)13-14(18)17(13,4)5/h7-9,13-14H,18H2,1-6H3,(H,19,20)/t13-,14-/m0/s1. The number of carbonyl (C=O) groups is 1. The lowest BCUT2D eigenvalue weighted by molar-refractivity contribution is 0.0636. The fourth-order valence-corrected chi connectivity index (χ4v) is 2.75. The molecule has 1 amide bonds. The summed E-state index contributed by atoms with van der Waals surface area (Å²) in [6.45, 7) is 9.76. The quantitative estimate of drug-likeness (QED) is 0.896. The Labute approximate surface area is 132 Å². The summed E-state index contributed by atoms with van der Waals surface area (Å²) >= 11 is 0. The molecule has 2 atom stereocenters. The van der Waals surface area contributed by atoms with Crippen LogP contribution in [0.15, 0.2) is 18.2 Å². The number of rotatable bonds is 3. The highest BCUT2D eigenvalue weighted by atomic mass is 16.6. The molecular weight excluding hydrogens is 280 g/mol. The van der Waals surface area contributed by atoms with Crippen molar-refractivity contribution in [1.82, 2.24) is 0 Å². The zero-order chi connectivity index (χ0) is 16.7. The number of nitrogens with two attached hydrogens (primary N) is 1. The molecule has 0 heterocycles. The molecule has 0 spiro atoms. The van der Waals surface area contributed by atoms with Gasteiger partial charge in [-0.1, -0.05) is 13.8 Å². The molecular formula is C17H26N2O3.